The molecule has 2 aliphatic heterocycles. The molecule has 10 nitrogen and oxygen atoms in total. The predicted molar refractivity (Wildman–Crippen MR) is 216 cm³/mol. The van der Waals surface area contributed by atoms with Gasteiger partial charge in [0.2, 0.25) is 11.8 Å². The summed E-state index contributed by atoms with van der Waals surface area (Å²) in [7, 11) is 1.35. The summed E-state index contributed by atoms with van der Waals surface area (Å²) in [5.41, 5.74) is 2.15. The lowest BCUT2D eigenvalue weighted by Crippen LogP contribution is -2.53. The molecular weight excluding hydrogens is 932 g/mol. The van der Waals surface area contributed by atoms with Crippen LogP contribution in [0.1, 0.15) is 41.0 Å². The van der Waals surface area contributed by atoms with E-state index in [2.05, 4.69) is 48.8 Å². The molecule has 6 atom stereocenters. The molecule has 3 heterocycles. The summed E-state index contributed by atoms with van der Waals surface area (Å²) in [6.07, 6.45) is -0.713. The van der Waals surface area contributed by atoms with Crippen molar-refractivity contribution in [1.82, 2.24) is 9.99 Å². The molecule has 2 saturated heterocycles. The number of methoxy groups -OCH3 is 1. The first-order valence-corrected chi connectivity index (χ1v) is 20.1. The number of alkyl halides is 3. The summed E-state index contributed by atoms with van der Waals surface area (Å²) in [6, 6.07) is 15.3. The van der Waals surface area contributed by atoms with Crippen molar-refractivity contribution in [3.05, 3.63) is 126 Å². The largest absolute Gasteiger partial charge is 0.503 e. The van der Waals surface area contributed by atoms with E-state index in [0.717, 1.165) is 5.56 Å². The molecule has 2 aliphatic carbocycles. The summed E-state index contributed by atoms with van der Waals surface area (Å²) in [5.74, 6) is -7.89. The van der Waals surface area contributed by atoms with Gasteiger partial charge in [-0.3, -0.25) is 29.5 Å². The Morgan fingerprint density at radius 3 is 2.29 bits per heavy atom. The van der Waals surface area contributed by atoms with Gasteiger partial charge in [0, 0.05) is 21.6 Å². The Morgan fingerprint density at radius 2 is 1.67 bits per heavy atom. The highest BCUT2D eigenvalue weighted by molar-refractivity contribution is 9.13. The zero-order valence-electron chi connectivity index (χ0n) is 30.0. The van der Waals surface area contributed by atoms with Crippen LogP contribution in [0.4, 0.5) is 24.7 Å². The van der Waals surface area contributed by atoms with Gasteiger partial charge in [-0.25, -0.2) is 4.98 Å². The fourth-order valence-corrected chi connectivity index (χ4v) is 10.4. The normalized spacial score (nSPS) is 25.3. The van der Waals surface area contributed by atoms with Crippen LogP contribution < -0.4 is 15.1 Å². The number of aromatic nitrogens is 1. The Kier molecular flexibility index (Phi) is 10.1. The molecule has 2 N–H and O–H groups in total. The van der Waals surface area contributed by atoms with E-state index in [1.165, 1.54) is 18.1 Å². The topological polar surface area (TPSA) is 129 Å². The van der Waals surface area contributed by atoms with Gasteiger partial charge >= 0.3 is 6.18 Å². The first-order chi connectivity index (χ1) is 27.5. The van der Waals surface area contributed by atoms with Crippen LogP contribution >= 0.6 is 55.1 Å². The van der Waals surface area contributed by atoms with Gasteiger partial charge in [0.05, 0.1) is 51.0 Å². The number of carbonyl (C=O) groups is 4. The lowest BCUT2D eigenvalue weighted by molar-refractivity contribution is -0.139. The molecule has 6 unspecified atom stereocenters. The lowest BCUT2D eigenvalue weighted by atomic mass is 9.49. The van der Waals surface area contributed by atoms with Gasteiger partial charge in [-0.05, 0) is 104 Å². The van der Waals surface area contributed by atoms with Crippen molar-refractivity contribution in [1.29, 1.82) is 0 Å². The Morgan fingerprint density at radius 1 is 0.983 bits per heavy atom. The number of amides is 4. The number of halogens is 7. The van der Waals surface area contributed by atoms with E-state index in [0.29, 0.717) is 49.2 Å². The van der Waals surface area contributed by atoms with E-state index in [1.54, 1.807) is 54.6 Å². The SMILES string of the molecule is C=Cc1ccc(N2C(=O)C3CC=C4C(CC5C(=O)N(Nc6ncc(C(F)(F)F)cc6Cl)C(=O)C5(c5ccc(Cl)cc5)C4c4cc(OC)c(O)c(Br)c4Br)C3C2=O)cc1. The van der Waals surface area contributed by atoms with Crippen LogP contribution in [0.2, 0.25) is 10.0 Å². The molecule has 58 heavy (non-hydrogen) atoms. The standard InChI is InChI=1S/C41H29Br2Cl2F3N4O6/c1-3-18-4-10-22(11-5-18)51-36(54)24-13-12-23-25(30(24)38(51)56)15-27-37(55)52(50-35-28(45)14-20(17-49-35)41(46,47)48)39(57)40(27,19-6-8-21(44)9-7-19)31(23)26-16-29(58-2)34(53)33(43)32(26)42/h3-12,14,16-17,24-25,27,30-31,53H,1,13,15H2,2H3,(H,49,50). The first kappa shape index (κ1) is 40.1. The van der Waals surface area contributed by atoms with Gasteiger partial charge in [-0.15, -0.1) is 0 Å². The maximum atomic E-state index is 15.5. The van der Waals surface area contributed by atoms with Gasteiger partial charge in [0.25, 0.3) is 11.8 Å². The third-order valence-electron chi connectivity index (χ3n) is 11.6. The summed E-state index contributed by atoms with van der Waals surface area (Å²) in [4.78, 5) is 64.3. The van der Waals surface area contributed by atoms with Gasteiger partial charge in [0.15, 0.2) is 17.3 Å². The van der Waals surface area contributed by atoms with Gasteiger partial charge in [-0.1, -0.05) is 71.8 Å². The molecule has 298 valence electrons. The van der Waals surface area contributed by atoms with E-state index >= 15 is 4.79 Å². The van der Waals surface area contributed by atoms with Gasteiger partial charge in [0.1, 0.15) is 0 Å². The molecule has 4 aromatic rings. The van der Waals surface area contributed by atoms with E-state index in [9.17, 15) is 32.7 Å². The summed E-state index contributed by atoms with van der Waals surface area (Å²) in [5, 5.41) is 11.6. The zero-order chi connectivity index (χ0) is 41.6. The number of phenols is 1. The molecule has 1 aromatic heterocycles. The number of hydrogen-bond donors (Lipinski definition) is 2. The second-order valence-electron chi connectivity index (χ2n) is 14.4. The number of hydrazine groups is 1. The van der Waals surface area contributed by atoms with Crippen LogP contribution in [0.25, 0.3) is 6.08 Å². The molecule has 4 amide bonds. The van der Waals surface area contributed by atoms with Crippen LogP contribution in [-0.2, 0) is 30.8 Å². The number of anilines is 2. The van der Waals surface area contributed by atoms with Crippen molar-refractivity contribution in [2.75, 3.05) is 17.4 Å². The average molecular weight is 961 g/mol. The number of pyridine rings is 1. The fourth-order valence-electron chi connectivity index (χ4n) is 9.12. The average Bonchev–Trinajstić information content (AvgIpc) is 3.58. The summed E-state index contributed by atoms with van der Waals surface area (Å²) >= 11 is 19.7. The summed E-state index contributed by atoms with van der Waals surface area (Å²) in [6.45, 7) is 3.77. The second kappa shape index (κ2) is 14.5. The van der Waals surface area contributed by atoms with Crippen molar-refractivity contribution >= 4 is 96.3 Å². The van der Waals surface area contributed by atoms with E-state index in [4.69, 9.17) is 27.9 Å². The van der Waals surface area contributed by atoms with Gasteiger partial charge < -0.3 is 9.84 Å². The maximum Gasteiger partial charge on any atom is 0.417 e. The molecular formula is C41H29Br2Cl2F3N4O6. The Labute approximate surface area is 355 Å². The van der Waals surface area contributed by atoms with Crippen LogP contribution in [0.15, 0.2) is 94.0 Å². The number of fused-ring (bicyclic) bond motifs is 4. The van der Waals surface area contributed by atoms with Crippen molar-refractivity contribution in [2.24, 2.45) is 23.7 Å². The quantitative estimate of drug-likeness (QED) is 0.139. The van der Waals surface area contributed by atoms with Crippen LogP contribution in [0.3, 0.4) is 0 Å². The minimum atomic E-state index is -4.77. The molecule has 17 heteroatoms. The second-order valence-corrected chi connectivity index (χ2v) is 16.8. The van der Waals surface area contributed by atoms with Crippen LogP contribution in [0, 0.1) is 23.7 Å². The number of nitrogens with zero attached hydrogens (tertiary/aromatic N) is 3. The number of aromatic hydroxyl groups is 1. The van der Waals surface area contributed by atoms with E-state index in [1.807, 2.05) is 6.08 Å². The van der Waals surface area contributed by atoms with Crippen molar-refractivity contribution in [3.63, 3.8) is 0 Å². The molecule has 3 fully saturated rings. The number of hydrogen-bond acceptors (Lipinski definition) is 8. The third-order valence-corrected chi connectivity index (χ3v) is 14.3. The van der Waals surface area contributed by atoms with Gasteiger partial charge in [-0.2, -0.15) is 18.2 Å². The maximum absolute atomic E-state index is 15.5. The fraction of sp³-hybridized carbons (Fsp3) is 0.244. The number of benzene rings is 3. The predicted octanol–water partition coefficient (Wildman–Crippen LogP) is 9.48. The molecule has 0 radical (unpaired) electrons. The van der Waals surface area contributed by atoms with Crippen molar-refractivity contribution < 1.29 is 42.2 Å². The number of allylic oxidation sites excluding steroid dienone is 2. The molecule has 0 bridgehead atoms. The van der Waals surface area contributed by atoms with Crippen molar-refractivity contribution in [3.8, 4) is 11.5 Å². The Hall–Kier alpha value is -4.70. The zero-order valence-corrected chi connectivity index (χ0v) is 34.7. The minimum absolute atomic E-state index is 0.0260. The summed E-state index contributed by atoms with van der Waals surface area (Å²) < 4.78 is 46.7. The minimum Gasteiger partial charge on any atom is -0.503 e. The number of carbonyl (C=O) groups excluding carboxylic acids is 4. The molecule has 8 rings (SSSR count). The van der Waals surface area contributed by atoms with E-state index < -0.39 is 75.4 Å². The molecule has 4 aliphatic rings. The number of nitrogens with one attached hydrogen (secondary N) is 1. The van der Waals surface area contributed by atoms with Crippen LogP contribution in [-0.4, -0.2) is 45.8 Å². The monoisotopic (exact) mass is 958 g/mol. The molecule has 1 saturated carbocycles. The third kappa shape index (κ3) is 5.98. The number of rotatable bonds is 7. The first-order valence-electron chi connectivity index (χ1n) is 17.7. The van der Waals surface area contributed by atoms with Crippen LogP contribution in [0.5, 0.6) is 11.5 Å². The molecule has 3 aromatic carbocycles. The lowest BCUT2D eigenvalue weighted by Gasteiger charge is -2.51. The number of ether oxygens (including phenoxy) is 1. The van der Waals surface area contributed by atoms with E-state index in [-0.39, 0.29) is 34.6 Å². The highest BCUT2D eigenvalue weighted by atomic mass is 79.9. The van der Waals surface area contributed by atoms with Crippen molar-refractivity contribution in [2.45, 2.75) is 30.4 Å². The Balaban J connectivity index is 1.34. The smallest absolute Gasteiger partial charge is 0.417 e. The highest BCUT2D eigenvalue weighted by Crippen LogP contribution is 2.66. The Bertz CT molecular complexity index is 2490. The highest BCUT2D eigenvalue weighted by Gasteiger charge is 2.71. The number of phenolic OH excluding ortho intramolecular Hbond substituents is 1. The molecule has 0 spiro atoms. The number of imide groups is 2.